The molecule has 0 aliphatic carbocycles. The number of halogens is 1. The second kappa shape index (κ2) is 10.3. The van der Waals surface area contributed by atoms with E-state index in [0.717, 1.165) is 30.8 Å². The molecular weight excluding hydrogens is 457 g/mol. The van der Waals surface area contributed by atoms with E-state index in [1.807, 2.05) is 42.2 Å². The van der Waals surface area contributed by atoms with E-state index in [1.54, 1.807) is 13.3 Å². The van der Waals surface area contributed by atoms with Crippen LogP contribution in [0.4, 0.5) is 0 Å². The molecule has 0 saturated carbocycles. The van der Waals surface area contributed by atoms with E-state index in [-0.39, 0.29) is 35.9 Å². The number of guanidine groups is 1. The number of amides is 1. The average molecular weight is 483 g/mol. The van der Waals surface area contributed by atoms with Crippen LogP contribution in [0.2, 0.25) is 0 Å². The predicted molar refractivity (Wildman–Crippen MR) is 116 cm³/mol. The first-order valence-corrected chi connectivity index (χ1v) is 8.94. The van der Waals surface area contributed by atoms with E-state index >= 15 is 0 Å². The monoisotopic (exact) mass is 483 g/mol. The van der Waals surface area contributed by atoms with Crippen LogP contribution in [-0.2, 0) is 11.3 Å². The van der Waals surface area contributed by atoms with Crippen molar-refractivity contribution in [3.63, 3.8) is 0 Å². The summed E-state index contributed by atoms with van der Waals surface area (Å²) >= 11 is 0. The molecule has 1 aromatic carbocycles. The molecule has 0 spiro atoms. The number of rotatable bonds is 5. The fourth-order valence-electron chi connectivity index (χ4n) is 2.99. The molecule has 0 radical (unpaired) electrons. The van der Waals surface area contributed by atoms with Gasteiger partial charge in [-0.1, -0.05) is 25.1 Å². The number of hydrogen-bond donors (Lipinski definition) is 2. The molecule has 146 valence electrons. The van der Waals surface area contributed by atoms with Crippen LogP contribution in [-0.4, -0.2) is 47.9 Å². The Morgan fingerprint density at radius 2 is 2.15 bits per heavy atom. The van der Waals surface area contributed by atoms with Gasteiger partial charge in [-0.2, -0.15) is 0 Å². The van der Waals surface area contributed by atoms with Crippen LogP contribution in [0.15, 0.2) is 46.0 Å². The van der Waals surface area contributed by atoms with Gasteiger partial charge >= 0.3 is 0 Å². The van der Waals surface area contributed by atoms with Gasteiger partial charge in [0.2, 0.25) is 11.8 Å². The van der Waals surface area contributed by atoms with E-state index in [0.29, 0.717) is 24.8 Å². The molecule has 1 fully saturated rings. The lowest BCUT2D eigenvalue weighted by atomic mass is 10.2. The predicted octanol–water partition coefficient (Wildman–Crippen LogP) is 2.64. The number of oxazole rings is 1. The van der Waals surface area contributed by atoms with Crippen LogP contribution < -0.4 is 10.6 Å². The molecule has 1 atom stereocenters. The molecule has 1 saturated heterocycles. The van der Waals surface area contributed by atoms with E-state index in [9.17, 15) is 4.79 Å². The average Bonchev–Trinajstić information content (AvgIpc) is 3.35. The minimum absolute atomic E-state index is 0. The van der Waals surface area contributed by atoms with E-state index in [4.69, 9.17) is 4.42 Å². The third-order valence-electron chi connectivity index (χ3n) is 4.42. The lowest BCUT2D eigenvalue weighted by Gasteiger charge is -2.18. The minimum atomic E-state index is 0. The SMILES string of the molecule is CCC(=O)N1CCC(NC(=NC)NCc2coc(-c3ccccc3)n2)C1.I. The van der Waals surface area contributed by atoms with Crippen molar-refractivity contribution in [3.05, 3.63) is 42.3 Å². The molecule has 8 heteroatoms. The highest BCUT2D eigenvalue weighted by Gasteiger charge is 2.25. The molecular formula is C19H26IN5O2. The lowest BCUT2D eigenvalue weighted by Crippen LogP contribution is -2.44. The fraction of sp³-hybridized carbons (Fsp3) is 0.421. The zero-order chi connectivity index (χ0) is 18.4. The Hall–Kier alpha value is -2.10. The molecule has 1 amide bonds. The number of nitrogens with zero attached hydrogens (tertiary/aromatic N) is 3. The normalized spacial score (nSPS) is 16.7. The van der Waals surface area contributed by atoms with Crippen LogP contribution in [0.3, 0.4) is 0 Å². The zero-order valence-corrected chi connectivity index (χ0v) is 18.0. The Balaban J connectivity index is 0.00000261. The first kappa shape index (κ1) is 21.2. The molecule has 1 aliphatic rings. The fourth-order valence-corrected chi connectivity index (χ4v) is 2.99. The van der Waals surface area contributed by atoms with Gasteiger partial charge in [-0.15, -0.1) is 24.0 Å². The highest BCUT2D eigenvalue weighted by Crippen LogP contribution is 2.17. The smallest absolute Gasteiger partial charge is 0.226 e. The number of carbonyl (C=O) groups is 1. The maximum Gasteiger partial charge on any atom is 0.226 e. The standard InChI is InChI=1S/C19H25N5O2.HI/c1-3-17(25)24-10-9-15(12-24)23-19(20-2)21-11-16-13-26-18(22-16)14-7-5-4-6-8-14;/h4-8,13,15H,3,9-12H2,1-2H3,(H2,20,21,23);1H. The summed E-state index contributed by atoms with van der Waals surface area (Å²) in [5.41, 5.74) is 1.76. The largest absolute Gasteiger partial charge is 0.444 e. The molecule has 2 heterocycles. The van der Waals surface area contributed by atoms with Gasteiger partial charge in [0.15, 0.2) is 5.96 Å². The van der Waals surface area contributed by atoms with Gasteiger partial charge in [-0.3, -0.25) is 9.79 Å². The van der Waals surface area contributed by atoms with Gasteiger partial charge in [0.25, 0.3) is 0 Å². The highest BCUT2D eigenvalue weighted by molar-refractivity contribution is 14.0. The van der Waals surface area contributed by atoms with Crippen molar-refractivity contribution < 1.29 is 9.21 Å². The molecule has 0 bridgehead atoms. The number of nitrogens with one attached hydrogen (secondary N) is 2. The highest BCUT2D eigenvalue weighted by atomic mass is 127. The molecule has 1 aromatic heterocycles. The van der Waals surface area contributed by atoms with Crippen molar-refractivity contribution in [3.8, 4) is 11.5 Å². The Kier molecular flexibility index (Phi) is 8.08. The summed E-state index contributed by atoms with van der Waals surface area (Å²) in [6, 6.07) is 10.0. The lowest BCUT2D eigenvalue weighted by molar-refractivity contribution is -0.129. The van der Waals surface area contributed by atoms with E-state index in [1.165, 1.54) is 0 Å². The summed E-state index contributed by atoms with van der Waals surface area (Å²) in [6.07, 6.45) is 3.13. The minimum Gasteiger partial charge on any atom is -0.444 e. The number of likely N-dealkylation sites (tertiary alicyclic amines) is 1. The quantitative estimate of drug-likeness (QED) is 0.388. The third kappa shape index (κ3) is 5.69. The van der Waals surface area contributed by atoms with Gasteiger partial charge < -0.3 is 20.0 Å². The second-order valence-electron chi connectivity index (χ2n) is 6.26. The second-order valence-corrected chi connectivity index (χ2v) is 6.26. The van der Waals surface area contributed by atoms with Gasteiger partial charge in [-0.05, 0) is 18.6 Å². The Labute approximate surface area is 176 Å². The number of aromatic nitrogens is 1. The summed E-state index contributed by atoms with van der Waals surface area (Å²) in [6.45, 7) is 3.92. The molecule has 2 aromatic rings. The van der Waals surface area contributed by atoms with Gasteiger partial charge in [0, 0.05) is 38.2 Å². The van der Waals surface area contributed by atoms with Gasteiger partial charge in [-0.25, -0.2) is 4.98 Å². The first-order chi connectivity index (χ1) is 12.7. The topological polar surface area (TPSA) is 82.8 Å². The maximum atomic E-state index is 11.8. The number of hydrogen-bond acceptors (Lipinski definition) is 4. The van der Waals surface area contributed by atoms with Crippen molar-refractivity contribution >= 4 is 35.8 Å². The molecule has 3 rings (SSSR count). The van der Waals surface area contributed by atoms with E-state index in [2.05, 4.69) is 20.6 Å². The number of aliphatic imine (C=N–C) groups is 1. The Bertz CT molecular complexity index is 762. The maximum absolute atomic E-state index is 11.8. The van der Waals surface area contributed by atoms with Crippen LogP contribution in [0.25, 0.3) is 11.5 Å². The summed E-state index contributed by atoms with van der Waals surface area (Å²) in [7, 11) is 1.73. The number of carbonyl (C=O) groups excluding carboxylic acids is 1. The Morgan fingerprint density at radius 3 is 2.85 bits per heavy atom. The third-order valence-corrected chi connectivity index (χ3v) is 4.42. The van der Waals surface area contributed by atoms with Crippen molar-refractivity contribution in [2.45, 2.75) is 32.4 Å². The van der Waals surface area contributed by atoms with Crippen molar-refractivity contribution in [1.82, 2.24) is 20.5 Å². The molecule has 2 N–H and O–H groups in total. The zero-order valence-electron chi connectivity index (χ0n) is 15.6. The van der Waals surface area contributed by atoms with Crippen LogP contribution >= 0.6 is 24.0 Å². The molecule has 1 aliphatic heterocycles. The van der Waals surface area contributed by atoms with Crippen molar-refractivity contribution in [1.29, 1.82) is 0 Å². The van der Waals surface area contributed by atoms with Crippen LogP contribution in [0, 0.1) is 0 Å². The van der Waals surface area contributed by atoms with E-state index < -0.39 is 0 Å². The molecule has 1 unspecified atom stereocenters. The Morgan fingerprint density at radius 1 is 1.37 bits per heavy atom. The van der Waals surface area contributed by atoms with Gasteiger partial charge in [0.05, 0.1) is 12.2 Å². The number of benzene rings is 1. The van der Waals surface area contributed by atoms with Crippen LogP contribution in [0.1, 0.15) is 25.5 Å². The summed E-state index contributed by atoms with van der Waals surface area (Å²) in [5.74, 6) is 1.51. The first-order valence-electron chi connectivity index (χ1n) is 8.94. The van der Waals surface area contributed by atoms with Crippen LogP contribution in [0.5, 0.6) is 0 Å². The van der Waals surface area contributed by atoms with Crippen molar-refractivity contribution in [2.24, 2.45) is 4.99 Å². The van der Waals surface area contributed by atoms with Gasteiger partial charge in [0.1, 0.15) is 6.26 Å². The summed E-state index contributed by atoms with van der Waals surface area (Å²) in [5, 5.41) is 6.62. The van der Waals surface area contributed by atoms with Crippen molar-refractivity contribution in [2.75, 3.05) is 20.1 Å². The molecule has 27 heavy (non-hydrogen) atoms. The molecule has 7 nitrogen and oxygen atoms in total. The summed E-state index contributed by atoms with van der Waals surface area (Å²) < 4.78 is 5.55. The summed E-state index contributed by atoms with van der Waals surface area (Å²) in [4.78, 5) is 22.4.